The van der Waals surface area contributed by atoms with Crippen LogP contribution in [-0.4, -0.2) is 57.8 Å². The van der Waals surface area contributed by atoms with Crippen molar-refractivity contribution in [2.75, 3.05) is 41.5 Å². The van der Waals surface area contributed by atoms with E-state index in [0.717, 1.165) is 19.3 Å². The van der Waals surface area contributed by atoms with Gasteiger partial charge in [-0.25, -0.2) is 0 Å². The van der Waals surface area contributed by atoms with Gasteiger partial charge in [0.05, 0.1) is 20.8 Å². The van der Waals surface area contributed by atoms with E-state index in [4.69, 9.17) is 14.2 Å². The summed E-state index contributed by atoms with van der Waals surface area (Å²) in [7, 11) is 7.32. The van der Waals surface area contributed by atoms with Crippen LogP contribution in [-0.2, 0) is 6.42 Å². The van der Waals surface area contributed by atoms with Crippen LogP contribution in [0.4, 0.5) is 0 Å². The Bertz CT molecular complexity index is 836. The van der Waals surface area contributed by atoms with E-state index in [-0.39, 0.29) is 11.4 Å². The lowest BCUT2D eigenvalue weighted by molar-refractivity contribution is 0.0899. The molecule has 2 aromatic carbocycles. The Morgan fingerprint density at radius 2 is 1.65 bits per heavy atom. The van der Waals surface area contributed by atoms with E-state index in [0.29, 0.717) is 36.0 Å². The standard InChI is InChI=1S/C25H34N2O4/c1-27(2)25(13-8-9-14-25)18-26-24(28)20-16-21(29-3)23(22(17-20)30-4)31-15-12-19-10-6-5-7-11-19/h5-7,10-11,16-17H,8-9,12-15,18H2,1-4H3,(H,26,28). The van der Waals surface area contributed by atoms with E-state index in [9.17, 15) is 4.79 Å². The summed E-state index contributed by atoms with van der Waals surface area (Å²) in [5.41, 5.74) is 1.72. The molecule has 0 heterocycles. The second-order valence-corrected chi connectivity index (χ2v) is 8.30. The molecule has 0 radical (unpaired) electrons. The predicted molar refractivity (Wildman–Crippen MR) is 122 cm³/mol. The average molecular weight is 427 g/mol. The Kier molecular flexibility index (Phi) is 7.80. The Balaban J connectivity index is 1.70. The maximum Gasteiger partial charge on any atom is 0.251 e. The Hall–Kier alpha value is -2.73. The zero-order valence-electron chi connectivity index (χ0n) is 19.1. The first-order valence-corrected chi connectivity index (χ1v) is 10.9. The van der Waals surface area contributed by atoms with E-state index in [2.05, 4.69) is 36.4 Å². The van der Waals surface area contributed by atoms with Gasteiger partial charge < -0.3 is 24.4 Å². The third-order valence-electron chi connectivity index (χ3n) is 6.26. The fourth-order valence-electron chi connectivity index (χ4n) is 4.23. The van der Waals surface area contributed by atoms with Crippen LogP contribution in [0, 0.1) is 0 Å². The smallest absolute Gasteiger partial charge is 0.251 e. The number of nitrogens with one attached hydrogen (secondary N) is 1. The van der Waals surface area contributed by atoms with Crippen LogP contribution in [0.3, 0.4) is 0 Å². The molecule has 6 nitrogen and oxygen atoms in total. The number of methoxy groups -OCH3 is 2. The molecular formula is C25H34N2O4. The van der Waals surface area contributed by atoms with Crippen molar-refractivity contribution in [3.05, 3.63) is 53.6 Å². The maximum absolute atomic E-state index is 12.9. The summed E-state index contributed by atoms with van der Waals surface area (Å²) in [6.07, 6.45) is 5.36. The van der Waals surface area contributed by atoms with Crippen LogP contribution in [0.25, 0.3) is 0 Å². The average Bonchev–Trinajstić information content (AvgIpc) is 3.28. The van der Waals surface area contributed by atoms with Crippen LogP contribution < -0.4 is 19.5 Å². The number of benzene rings is 2. The van der Waals surface area contributed by atoms with Crippen molar-refractivity contribution in [2.45, 2.75) is 37.6 Å². The van der Waals surface area contributed by atoms with Gasteiger partial charge in [-0.15, -0.1) is 0 Å². The van der Waals surface area contributed by atoms with Crippen molar-refractivity contribution in [1.82, 2.24) is 10.2 Å². The van der Waals surface area contributed by atoms with Gasteiger partial charge in [-0.05, 0) is 44.6 Å². The molecule has 0 atom stereocenters. The van der Waals surface area contributed by atoms with Gasteiger partial charge in [0, 0.05) is 24.1 Å². The van der Waals surface area contributed by atoms with Crippen LogP contribution >= 0.6 is 0 Å². The highest BCUT2D eigenvalue weighted by Gasteiger charge is 2.36. The number of likely N-dealkylation sites (N-methyl/N-ethyl adjacent to an activating group) is 1. The molecule has 0 saturated heterocycles. The van der Waals surface area contributed by atoms with E-state index in [1.54, 1.807) is 26.4 Å². The summed E-state index contributed by atoms with van der Waals surface area (Å²) < 4.78 is 17.0. The quantitative estimate of drug-likeness (QED) is 0.624. The molecule has 2 aromatic rings. The Labute approximate surface area is 185 Å². The summed E-state index contributed by atoms with van der Waals surface area (Å²) >= 11 is 0. The lowest BCUT2D eigenvalue weighted by atomic mass is 9.96. The normalized spacial score (nSPS) is 15.0. The van der Waals surface area contributed by atoms with E-state index in [1.807, 2.05) is 18.2 Å². The molecule has 0 aliphatic heterocycles. The number of hydrogen-bond donors (Lipinski definition) is 1. The fourth-order valence-corrected chi connectivity index (χ4v) is 4.23. The number of rotatable bonds is 10. The van der Waals surface area contributed by atoms with E-state index in [1.165, 1.54) is 18.4 Å². The number of hydrogen-bond acceptors (Lipinski definition) is 5. The molecule has 6 heteroatoms. The maximum atomic E-state index is 12.9. The second-order valence-electron chi connectivity index (χ2n) is 8.30. The molecule has 1 saturated carbocycles. The monoisotopic (exact) mass is 426 g/mol. The topological polar surface area (TPSA) is 60.0 Å². The molecule has 1 aliphatic carbocycles. The van der Waals surface area contributed by atoms with Crippen LogP contribution in [0.1, 0.15) is 41.6 Å². The number of nitrogens with zero attached hydrogens (tertiary/aromatic N) is 1. The lowest BCUT2D eigenvalue weighted by Gasteiger charge is -2.36. The molecule has 0 spiro atoms. The molecule has 0 unspecified atom stereocenters. The fraction of sp³-hybridized carbons (Fsp3) is 0.480. The van der Waals surface area contributed by atoms with Crippen molar-refractivity contribution < 1.29 is 19.0 Å². The minimum absolute atomic E-state index is 0.0321. The largest absolute Gasteiger partial charge is 0.493 e. The first-order chi connectivity index (χ1) is 15.0. The van der Waals surface area contributed by atoms with Crippen molar-refractivity contribution in [1.29, 1.82) is 0 Å². The number of amides is 1. The Morgan fingerprint density at radius 1 is 1.03 bits per heavy atom. The highest BCUT2D eigenvalue weighted by atomic mass is 16.5. The lowest BCUT2D eigenvalue weighted by Crippen LogP contribution is -2.50. The third kappa shape index (κ3) is 5.50. The Morgan fingerprint density at radius 3 is 2.19 bits per heavy atom. The van der Waals surface area contributed by atoms with Gasteiger partial charge in [-0.2, -0.15) is 0 Å². The summed E-state index contributed by atoms with van der Waals surface area (Å²) in [6.45, 7) is 1.10. The summed E-state index contributed by atoms with van der Waals surface area (Å²) in [5, 5.41) is 3.12. The van der Waals surface area contributed by atoms with E-state index < -0.39 is 0 Å². The summed E-state index contributed by atoms with van der Waals surface area (Å²) in [4.78, 5) is 15.2. The molecule has 1 amide bonds. The molecule has 31 heavy (non-hydrogen) atoms. The SMILES string of the molecule is COc1cc(C(=O)NCC2(N(C)C)CCCC2)cc(OC)c1OCCc1ccccc1. The van der Waals surface area contributed by atoms with Crippen LogP contribution in [0.2, 0.25) is 0 Å². The van der Waals surface area contributed by atoms with Crippen molar-refractivity contribution >= 4 is 5.91 Å². The summed E-state index contributed by atoms with van der Waals surface area (Å²) in [5.74, 6) is 1.35. The van der Waals surface area contributed by atoms with Crippen LogP contribution in [0.15, 0.2) is 42.5 Å². The molecule has 0 aromatic heterocycles. The first kappa shape index (κ1) is 22.9. The molecule has 1 aliphatic rings. The van der Waals surface area contributed by atoms with Crippen LogP contribution in [0.5, 0.6) is 17.2 Å². The molecule has 0 bridgehead atoms. The van der Waals surface area contributed by atoms with E-state index >= 15 is 0 Å². The van der Waals surface area contributed by atoms with Gasteiger partial charge in [0.15, 0.2) is 11.5 Å². The number of ether oxygens (including phenoxy) is 3. The zero-order chi connectivity index (χ0) is 22.3. The molecule has 3 rings (SSSR count). The number of carbonyl (C=O) groups excluding carboxylic acids is 1. The van der Waals surface area contributed by atoms with Gasteiger partial charge in [0.2, 0.25) is 5.75 Å². The predicted octanol–water partition coefficient (Wildman–Crippen LogP) is 3.93. The molecule has 168 valence electrons. The highest BCUT2D eigenvalue weighted by molar-refractivity contribution is 5.95. The van der Waals surface area contributed by atoms with Crippen molar-refractivity contribution in [2.24, 2.45) is 0 Å². The minimum atomic E-state index is -0.138. The van der Waals surface area contributed by atoms with Crippen molar-refractivity contribution in [3.63, 3.8) is 0 Å². The molecular weight excluding hydrogens is 392 g/mol. The third-order valence-corrected chi connectivity index (χ3v) is 6.26. The van der Waals surface area contributed by atoms with Gasteiger partial charge in [0.1, 0.15) is 0 Å². The molecule has 1 fully saturated rings. The van der Waals surface area contributed by atoms with Gasteiger partial charge >= 0.3 is 0 Å². The molecule has 1 N–H and O–H groups in total. The first-order valence-electron chi connectivity index (χ1n) is 10.9. The summed E-state index contributed by atoms with van der Waals surface area (Å²) in [6, 6.07) is 13.6. The second kappa shape index (κ2) is 10.5. The van der Waals surface area contributed by atoms with Gasteiger partial charge in [-0.3, -0.25) is 4.79 Å². The minimum Gasteiger partial charge on any atom is -0.493 e. The highest BCUT2D eigenvalue weighted by Crippen LogP contribution is 2.39. The zero-order valence-corrected chi connectivity index (χ0v) is 19.1. The van der Waals surface area contributed by atoms with Gasteiger partial charge in [-0.1, -0.05) is 43.2 Å². The van der Waals surface area contributed by atoms with Gasteiger partial charge in [0.25, 0.3) is 5.91 Å². The van der Waals surface area contributed by atoms with Crippen molar-refractivity contribution in [3.8, 4) is 17.2 Å². The number of carbonyl (C=O) groups is 1.